The number of hydrogen-bond acceptors (Lipinski definition) is 4. The molecule has 0 unspecified atom stereocenters. The molecule has 0 heterocycles. The minimum Gasteiger partial charge on any atom is -0.492 e. The number of hydrogen-bond donors (Lipinski definition) is 2. The highest BCUT2D eigenvalue weighted by Crippen LogP contribution is 2.19. The molecule has 0 aliphatic rings. The molecule has 0 saturated carbocycles. The van der Waals surface area contributed by atoms with Crippen LogP contribution in [0.3, 0.4) is 0 Å². The topological polar surface area (TPSA) is 84.5 Å². The van der Waals surface area contributed by atoms with Crippen LogP contribution >= 0.6 is 0 Å². The Bertz CT molecular complexity index is 1110. The monoisotopic (exact) mass is 438 g/mol. The van der Waals surface area contributed by atoms with Gasteiger partial charge in [-0.3, -0.25) is 9.52 Å². The molecule has 6 nitrogen and oxygen atoms in total. The molecular formula is C24H26N2O4S. The molecule has 3 aromatic rings. The van der Waals surface area contributed by atoms with Crippen molar-refractivity contribution in [2.24, 2.45) is 0 Å². The van der Waals surface area contributed by atoms with E-state index < -0.39 is 10.0 Å². The lowest BCUT2D eigenvalue weighted by atomic mass is 10.0. The average Bonchev–Trinajstić information content (AvgIpc) is 2.77. The Morgan fingerprint density at radius 2 is 1.65 bits per heavy atom. The molecular weight excluding hydrogens is 412 g/mol. The lowest BCUT2D eigenvalue weighted by molar-refractivity contribution is 0.0947. The third-order valence-electron chi connectivity index (χ3n) is 4.63. The third kappa shape index (κ3) is 6.33. The lowest BCUT2D eigenvalue weighted by Crippen LogP contribution is -2.28. The first-order valence-electron chi connectivity index (χ1n) is 10.0. The molecule has 0 bridgehead atoms. The van der Waals surface area contributed by atoms with E-state index in [0.29, 0.717) is 30.3 Å². The molecule has 3 aromatic carbocycles. The predicted molar refractivity (Wildman–Crippen MR) is 122 cm³/mol. The zero-order valence-electron chi connectivity index (χ0n) is 17.5. The van der Waals surface area contributed by atoms with Crippen molar-refractivity contribution in [1.29, 1.82) is 0 Å². The standard InChI is InChI=1S/C24H26N2O4S/c1-18(2)19-11-13-22(14-12-19)30-16-15-25-24(27)20-7-6-8-21(17-20)26-31(28,29)23-9-4-3-5-10-23/h3-14,17-18,26H,15-16H2,1-2H3,(H,25,27). The second-order valence-corrected chi connectivity index (χ2v) is 9.01. The van der Waals surface area contributed by atoms with Crippen LogP contribution in [0.4, 0.5) is 5.69 Å². The number of rotatable bonds is 9. The van der Waals surface area contributed by atoms with E-state index in [4.69, 9.17) is 4.74 Å². The van der Waals surface area contributed by atoms with Crippen LogP contribution in [0, 0.1) is 0 Å². The smallest absolute Gasteiger partial charge is 0.261 e. The summed E-state index contributed by atoms with van der Waals surface area (Å²) in [6.45, 7) is 4.91. The Kier molecular flexibility index (Phi) is 7.31. The van der Waals surface area contributed by atoms with Gasteiger partial charge in [0, 0.05) is 11.3 Å². The number of amides is 1. The fraction of sp³-hybridized carbons (Fsp3) is 0.208. The van der Waals surface area contributed by atoms with Gasteiger partial charge < -0.3 is 10.1 Å². The number of ether oxygens (including phenoxy) is 1. The summed E-state index contributed by atoms with van der Waals surface area (Å²) in [6, 6.07) is 22.3. The number of carbonyl (C=O) groups is 1. The highest BCUT2D eigenvalue weighted by molar-refractivity contribution is 7.92. The molecule has 3 rings (SSSR count). The Morgan fingerprint density at radius 3 is 2.32 bits per heavy atom. The molecule has 0 saturated heterocycles. The van der Waals surface area contributed by atoms with E-state index in [-0.39, 0.29) is 10.8 Å². The van der Waals surface area contributed by atoms with Gasteiger partial charge in [-0.1, -0.05) is 50.2 Å². The summed E-state index contributed by atoms with van der Waals surface area (Å²) in [5.74, 6) is 0.900. The van der Waals surface area contributed by atoms with Gasteiger partial charge in [-0.2, -0.15) is 0 Å². The van der Waals surface area contributed by atoms with E-state index >= 15 is 0 Å². The van der Waals surface area contributed by atoms with Crippen molar-refractivity contribution in [3.8, 4) is 5.75 Å². The molecule has 0 aliphatic carbocycles. The van der Waals surface area contributed by atoms with Crippen LogP contribution in [0.1, 0.15) is 35.7 Å². The number of anilines is 1. The van der Waals surface area contributed by atoms with Gasteiger partial charge in [0.1, 0.15) is 12.4 Å². The Morgan fingerprint density at radius 1 is 0.935 bits per heavy atom. The third-order valence-corrected chi connectivity index (χ3v) is 6.03. The lowest BCUT2D eigenvalue weighted by Gasteiger charge is -2.11. The summed E-state index contributed by atoms with van der Waals surface area (Å²) < 4.78 is 33.1. The van der Waals surface area contributed by atoms with Crippen LogP contribution < -0.4 is 14.8 Å². The molecule has 2 N–H and O–H groups in total. The fourth-order valence-electron chi connectivity index (χ4n) is 2.92. The Hall–Kier alpha value is -3.32. The number of benzene rings is 3. The first-order valence-corrected chi connectivity index (χ1v) is 11.5. The Labute approximate surface area is 183 Å². The molecule has 0 aromatic heterocycles. The second kappa shape index (κ2) is 10.1. The molecule has 162 valence electrons. The van der Waals surface area contributed by atoms with Crippen LogP contribution in [-0.2, 0) is 10.0 Å². The normalized spacial score (nSPS) is 11.2. The first-order chi connectivity index (χ1) is 14.8. The van der Waals surface area contributed by atoms with Crippen molar-refractivity contribution < 1.29 is 17.9 Å². The average molecular weight is 439 g/mol. The molecule has 7 heteroatoms. The predicted octanol–water partition coefficient (Wildman–Crippen LogP) is 4.42. The number of nitrogens with one attached hydrogen (secondary N) is 2. The summed E-state index contributed by atoms with van der Waals surface area (Å²) in [5, 5.41) is 2.78. The van der Waals surface area contributed by atoms with Gasteiger partial charge in [-0.05, 0) is 53.9 Å². The van der Waals surface area contributed by atoms with Gasteiger partial charge in [-0.25, -0.2) is 8.42 Å². The van der Waals surface area contributed by atoms with Crippen LogP contribution in [0.2, 0.25) is 0 Å². The molecule has 0 fully saturated rings. The van der Waals surface area contributed by atoms with Gasteiger partial charge in [-0.15, -0.1) is 0 Å². The maximum atomic E-state index is 12.5. The van der Waals surface area contributed by atoms with Crippen molar-refractivity contribution in [1.82, 2.24) is 5.32 Å². The van der Waals surface area contributed by atoms with Crippen LogP contribution in [0.25, 0.3) is 0 Å². The molecule has 0 radical (unpaired) electrons. The maximum absolute atomic E-state index is 12.5. The highest BCUT2D eigenvalue weighted by atomic mass is 32.2. The summed E-state index contributed by atoms with van der Waals surface area (Å²) in [5.41, 5.74) is 1.91. The van der Waals surface area contributed by atoms with Gasteiger partial charge >= 0.3 is 0 Å². The molecule has 0 aliphatic heterocycles. The quantitative estimate of drug-likeness (QED) is 0.485. The van der Waals surface area contributed by atoms with Crippen LogP contribution in [0.5, 0.6) is 5.75 Å². The van der Waals surface area contributed by atoms with E-state index in [1.54, 1.807) is 36.4 Å². The molecule has 1 amide bonds. The summed E-state index contributed by atoms with van der Waals surface area (Å²) in [7, 11) is -3.72. The fourth-order valence-corrected chi connectivity index (χ4v) is 3.99. The number of sulfonamides is 1. The summed E-state index contributed by atoms with van der Waals surface area (Å²) >= 11 is 0. The molecule has 31 heavy (non-hydrogen) atoms. The zero-order valence-corrected chi connectivity index (χ0v) is 18.4. The largest absolute Gasteiger partial charge is 0.492 e. The van der Waals surface area contributed by atoms with Gasteiger partial charge in [0.15, 0.2) is 0 Å². The molecule has 0 spiro atoms. The van der Waals surface area contributed by atoms with Gasteiger partial charge in [0.05, 0.1) is 11.4 Å². The van der Waals surface area contributed by atoms with E-state index in [9.17, 15) is 13.2 Å². The van der Waals surface area contributed by atoms with E-state index in [1.165, 1.54) is 23.8 Å². The minimum absolute atomic E-state index is 0.156. The van der Waals surface area contributed by atoms with E-state index in [2.05, 4.69) is 23.9 Å². The van der Waals surface area contributed by atoms with Gasteiger partial charge in [0.25, 0.3) is 15.9 Å². The van der Waals surface area contributed by atoms with Crippen LogP contribution in [0.15, 0.2) is 83.8 Å². The Balaban J connectivity index is 1.53. The van der Waals surface area contributed by atoms with Crippen molar-refractivity contribution in [3.63, 3.8) is 0 Å². The first kappa shape index (κ1) is 22.4. The minimum atomic E-state index is -3.72. The van der Waals surface area contributed by atoms with E-state index in [1.807, 2.05) is 24.3 Å². The van der Waals surface area contributed by atoms with E-state index in [0.717, 1.165) is 5.75 Å². The summed E-state index contributed by atoms with van der Waals surface area (Å²) in [4.78, 5) is 12.6. The van der Waals surface area contributed by atoms with Crippen molar-refractivity contribution in [2.75, 3.05) is 17.9 Å². The maximum Gasteiger partial charge on any atom is 0.261 e. The van der Waals surface area contributed by atoms with Gasteiger partial charge in [0.2, 0.25) is 0 Å². The van der Waals surface area contributed by atoms with Crippen molar-refractivity contribution >= 4 is 21.6 Å². The molecule has 0 atom stereocenters. The second-order valence-electron chi connectivity index (χ2n) is 7.33. The number of carbonyl (C=O) groups excluding carboxylic acids is 1. The zero-order chi connectivity index (χ0) is 22.3. The highest BCUT2D eigenvalue weighted by Gasteiger charge is 2.14. The van der Waals surface area contributed by atoms with Crippen LogP contribution in [-0.4, -0.2) is 27.5 Å². The SMILES string of the molecule is CC(C)c1ccc(OCCNC(=O)c2cccc(NS(=O)(=O)c3ccccc3)c2)cc1. The van der Waals surface area contributed by atoms with Crippen molar-refractivity contribution in [3.05, 3.63) is 90.0 Å². The summed E-state index contributed by atoms with van der Waals surface area (Å²) in [6.07, 6.45) is 0. The van der Waals surface area contributed by atoms with Crippen molar-refractivity contribution in [2.45, 2.75) is 24.7 Å².